The van der Waals surface area contributed by atoms with E-state index < -0.39 is 39.1 Å². The van der Waals surface area contributed by atoms with Gasteiger partial charge >= 0.3 is 11.9 Å². The maximum Gasteiger partial charge on any atom is 0.417 e. The molecule has 0 N–H and O–H groups in total. The van der Waals surface area contributed by atoms with E-state index in [1.165, 1.54) is 59.7 Å². The van der Waals surface area contributed by atoms with Crippen molar-refractivity contribution in [1.82, 2.24) is 14.1 Å². The van der Waals surface area contributed by atoms with Gasteiger partial charge in [-0.25, -0.2) is 18.2 Å². The fraction of sp³-hybridized carbons (Fsp3) is 0.308. The van der Waals surface area contributed by atoms with E-state index in [0.717, 1.165) is 12.3 Å². The van der Waals surface area contributed by atoms with Gasteiger partial charge in [0.2, 0.25) is 0 Å². The molecule has 0 saturated heterocycles. The first kappa shape index (κ1) is 27.2. The average molecular weight is 550 g/mol. The summed E-state index contributed by atoms with van der Waals surface area (Å²) in [4.78, 5) is 17.9. The lowest BCUT2D eigenvalue weighted by atomic mass is 9.99. The lowest BCUT2D eigenvalue weighted by Crippen LogP contribution is -2.31. The normalized spacial score (nSPS) is 13.0. The minimum Gasteiger partial charge on any atom is -0.491 e. The molecule has 4 aromatic rings. The quantitative estimate of drug-likeness (QED) is 0.322. The lowest BCUT2D eigenvalue weighted by Gasteiger charge is -2.19. The molecule has 2 heterocycles. The number of imidazole rings is 1. The molecule has 0 aliphatic heterocycles. The number of methoxy groups -OCH3 is 1. The third-order valence-corrected chi connectivity index (χ3v) is 7.02. The first-order chi connectivity index (χ1) is 17.9. The van der Waals surface area contributed by atoms with E-state index in [1.807, 2.05) is 0 Å². The number of hydrogen-bond acceptors (Lipinski definition) is 6. The molecule has 4 rings (SSSR count). The van der Waals surface area contributed by atoms with Crippen LogP contribution < -0.4 is 15.2 Å². The van der Waals surface area contributed by atoms with Crippen molar-refractivity contribution in [2.24, 2.45) is 7.05 Å². The molecule has 0 spiro atoms. The van der Waals surface area contributed by atoms with Crippen LogP contribution in [0.2, 0.25) is 0 Å². The summed E-state index contributed by atoms with van der Waals surface area (Å²) in [5.41, 5.74) is -0.195. The molecular weight excluding hydrogens is 523 g/mol. The van der Waals surface area contributed by atoms with Crippen LogP contribution in [0.5, 0.6) is 11.6 Å². The van der Waals surface area contributed by atoms with Crippen molar-refractivity contribution >= 4 is 20.9 Å². The number of alkyl halides is 3. The molecule has 202 valence electrons. The summed E-state index contributed by atoms with van der Waals surface area (Å²) >= 11 is 0. The molecule has 0 saturated carbocycles. The van der Waals surface area contributed by atoms with Crippen molar-refractivity contribution in [3.63, 3.8) is 0 Å². The maximum atomic E-state index is 13.6. The van der Waals surface area contributed by atoms with Crippen molar-refractivity contribution in [2.75, 3.05) is 25.7 Å². The highest BCUT2D eigenvalue weighted by molar-refractivity contribution is 7.90. The van der Waals surface area contributed by atoms with E-state index in [-0.39, 0.29) is 29.3 Å². The van der Waals surface area contributed by atoms with E-state index in [9.17, 15) is 26.4 Å². The van der Waals surface area contributed by atoms with E-state index in [1.54, 1.807) is 19.1 Å². The smallest absolute Gasteiger partial charge is 0.417 e. The van der Waals surface area contributed by atoms with Gasteiger partial charge in [0, 0.05) is 13.3 Å². The number of pyridine rings is 1. The van der Waals surface area contributed by atoms with Gasteiger partial charge in [-0.3, -0.25) is 9.13 Å². The molecule has 0 amide bonds. The van der Waals surface area contributed by atoms with Gasteiger partial charge in [-0.05, 0) is 48.4 Å². The van der Waals surface area contributed by atoms with Gasteiger partial charge < -0.3 is 9.47 Å². The van der Waals surface area contributed by atoms with Crippen molar-refractivity contribution < 1.29 is 31.1 Å². The number of rotatable bonds is 8. The molecule has 0 bridgehead atoms. The Morgan fingerprint density at radius 2 is 1.76 bits per heavy atom. The minimum atomic E-state index is -4.57. The van der Waals surface area contributed by atoms with Crippen LogP contribution >= 0.6 is 0 Å². The Hall–Kier alpha value is -3.80. The van der Waals surface area contributed by atoms with Crippen LogP contribution in [0.25, 0.3) is 22.2 Å². The van der Waals surface area contributed by atoms with Crippen molar-refractivity contribution in [3.8, 4) is 22.8 Å². The van der Waals surface area contributed by atoms with Gasteiger partial charge in [0.05, 0.1) is 47.8 Å². The van der Waals surface area contributed by atoms with Crippen LogP contribution in [0.3, 0.4) is 0 Å². The lowest BCUT2D eigenvalue weighted by molar-refractivity contribution is -0.137. The molecule has 12 heteroatoms. The molecule has 38 heavy (non-hydrogen) atoms. The Morgan fingerprint density at radius 1 is 1.05 bits per heavy atom. The summed E-state index contributed by atoms with van der Waals surface area (Å²) in [5.74, 6) is 0.0348. The number of sulfone groups is 1. The second kappa shape index (κ2) is 10.2. The monoisotopic (exact) mass is 549 g/mol. The number of halogens is 3. The molecule has 8 nitrogen and oxygen atoms in total. The van der Waals surface area contributed by atoms with Gasteiger partial charge in [0.25, 0.3) is 5.88 Å². The van der Waals surface area contributed by atoms with E-state index in [0.29, 0.717) is 16.8 Å². The SMILES string of the molecule is CCOc1nc(C(CS(C)(=O)=O)n2c(=O)n(C)c3cc(-c4ccccc4C(F)(F)F)ccc32)ccc1OC. The number of hydrogen-bond donors (Lipinski definition) is 0. The Morgan fingerprint density at radius 3 is 2.39 bits per heavy atom. The maximum absolute atomic E-state index is 13.6. The van der Waals surface area contributed by atoms with Crippen LogP contribution in [0.15, 0.2) is 59.4 Å². The van der Waals surface area contributed by atoms with Crippen molar-refractivity contribution in [3.05, 3.63) is 76.3 Å². The highest BCUT2D eigenvalue weighted by atomic mass is 32.2. The zero-order chi connectivity index (χ0) is 27.8. The second-order valence-corrected chi connectivity index (χ2v) is 10.9. The van der Waals surface area contributed by atoms with Crippen LogP contribution in [-0.2, 0) is 23.1 Å². The van der Waals surface area contributed by atoms with Gasteiger partial charge in [-0.15, -0.1) is 0 Å². The first-order valence-corrected chi connectivity index (χ1v) is 13.6. The summed E-state index contributed by atoms with van der Waals surface area (Å²) < 4.78 is 79.2. The van der Waals surface area contributed by atoms with Gasteiger partial charge in [-0.2, -0.15) is 13.2 Å². The molecule has 0 aliphatic carbocycles. The Kier molecular flexibility index (Phi) is 7.29. The Bertz CT molecular complexity index is 1660. The highest BCUT2D eigenvalue weighted by Crippen LogP contribution is 2.38. The first-order valence-electron chi connectivity index (χ1n) is 11.6. The Balaban J connectivity index is 1.94. The molecule has 2 aromatic carbocycles. The summed E-state index contributed by atoms with van der Waals surface area (Å²) in [6.45, 7) is 2.03. The number of aryl methyl sites for hydroxylation is 1. The molecule has 1 unspecified atom stereocenters. The van der Waals surface area contributed by atoms with Crippen LogP contribution in [0.1, 0.15) is 24.2 Å². The summed E-state index contributed by atoms with van der Waals surface area (Å²) in [7, 11) is -0.697. The van der Waals surface area contributed by atoms with Crippen molar-refractivity contribution in [1.29, 1.82) is 0 Å². The number of ether oxygens (including phenoxy) is 2. The standard InChI is InChI=1S/C26H26F3N3O5S/c1-5-37-24-23(36-3)13-11-19(30-24)22(15-38(4,34)35)32-20-12-10-16(14-21(20)31(2)25(32)33)17-8-6-7-9-18(17)26(27,28)29/h6-14,22H,5,15H2,1-4H3. The zero-order valence-electron chi connectivity index (χ0n) is 21.1. The molecule has 2 aromatic heterocycles. The topological polar surface area (TPSA) is 92.4 Å². The molecule has 1 atom stereocenters. The number of benzene rings is 2. The molecule has 0 fully saturated rings. The van der Waals surface area contributed by atoms with Gasteiger partial charge in [0.15, 0.2) is 5.75 Å². The molecular formula is C26H26F3N3O5S. The highest BCUT2D eigenvalue weighted by Gasteiger charge is 2.33. The predicted octanol–water partition coefficient (Wildman–Crippen LogP) is 4.46. The Labute approximate surface area is 217 Å². The van der Waals surface area contributed by atoms with Gasteiger partial charge in [0.1, 0.15) is 9.84 Å². The third-order valence-electron chi connectivity index (χ3n) is 6.09. The number of aromatic nitrogens is 3. The average Bonchev–Trinajstić information content (AvgIpc) is 3.11. The third kappa shape index (κ3) is 5.26. The zero-order valence-corrected chi connectivity index (χ0v) is 21.9. The fourth-order valence-electron chi connectivity index (χ4n) is 4.42. The summed E-state index contributed by atoms with van der Waals surface area (Å²) in [6, 6.07) is 11.7. The minimum absolute atomic E-state index is 0.0343. The largest absolute Gasteiger partial charge is 0.491 e. The van der Waals surface area contributed by atoms with E-state index in [2.05, 4.69) is 4.98 Å². The second-order valence-electron chi connectivity index (χ2n) is 8.74. The molecule has 0 radical (unpaired) electrons. The fourth-order valence-corrected chi connectivity index (χ4v) is 5.31. The number of fused-ring (bicyclic) bond motifs is 1. The number of nitrogens with zero attached hydrogens (tertiary/aromatic N) is 3. The summed E-state index contributed by atoms with van der Waals surface area (Å²) in [5, 5.41) is 0. The molecule has 0 aliphatic rings. The van der Waals surface area contributed by atoms with Crippen LogP contribution in [-0.4, -0.2) is 48.3 Å². The van der Waals surface area contributed by atoms with Gasteiger partial charge in [-0.1, -0.05) is 24.3 Å². The van der Waals surface area contributed by atoms with Crippen LogP contribution in [0.4, 0.5) is 13.2 Å². The predicted molar refractivity (Wildman–Crippen MR) is 137 cm³/mol. The van der Waals surface area contributed by atoms with Crippen molar-refractivity contribution in [2.45, 2.75) is 19.1 Å². The van der Waals surface area contributed by atoms with Crippen LogP contribution in [0, 0.1) is 0 Å². The summed E-state index contributed by atoms with van der Waals surface area (Å²) in [6.07, 6.45) is -3.52. The van der Waals surface area contributed by atoms with E-state index in [4.69, 9.17) is 9.47 Å². The van der Waals surface area contributed by atoms with E-state index >= 15 is 0 Å².